The standard InChI is InChI=1S/C6H14BNO4S/c8-13(11,12)6-3-1-5(2-4-6)7(9)10/h5-6,9-10H,1-4H2,(H2,8,11,12). The van der Waals surface area contributed by atoms with Gasteiger partial charge >= 0.3 is 7.12 Å². The van der Waals surface area contributed by atoms with Crippen molar-refractivity contribution >= 4 is 17.1 Å². The monoisotopic (exact) mass is 207 g/mol. The lowest BCUT2D eigenvalue weighted by molar-refractivity contribution is 0.351. The average Bonchev–Trinajstić information content (AvgIpc) is 2.03. The average molecular weight is 207 g/mol. The molecule has 0 aliphatic heterocycles. The maximum atomic E-state index is 10.9. The molecule has 1 fully saturated rings. The van der Waals surface area contributed by atoms with Gasteiger partial charge in [0.25, 0.3) is 0 Å². The van der Waals surface area contributed by atoms with Crippen LogP contribution in [-0.2, 0) is 10.0 Å². The molecule has 1 aliphatic carbocycles. The first kappa shape index (κ1) is 11.0. The van der Waals surface area contributed by atoms with Gasteiger partial charge in [0, 0.05) is 0 Å². The van der Waals surface area contributed by atoms with Gasteiger partial charge in [-0.25, -0.2) is 13.6 Å². The van der Waals surface area contributed by atoms with Crippen molar-refractivity contribution in [2.75, 3.05) is 0 Å². The SMILES string of the molecule is NS(=O)(=O)C1CCC(B(O)O)CC1. The minimum absolute atomic E-state index is 0.196. The molecule has 0 aromatic carbocycles. The molecule has 1 aliphatic rings. The van der Waals surface area contributed by atoms with Crippen LogP contribution in [0.15, 0.2) is 0 Å². The number of sulfonamides is 1. The van der Waals surface area contributed by atoms with Gasteiger partial charge in [-0.2, -0.15) is 0 Å². The molecule has 0 heterocycles. The molecule has 0 aromatic rings. The van der Waals surface area contributed by atoms with Gasteiger partial charge in [0.2, 0.25) is 10.0 Å². The van der Waals surface area contributed by atoms with E-state index in [1.165, 1.54) is 0 Å². The van der Waals surface area contributed by atoms with Gasteiger partial charge in [-0.3, -0.25) is 0 Å². The van der Waals surface area contributed by atoms with E-state index in [9.17, 15) is 8.42 Å². The van der Waals surface area contributed by atoms with Crippen molar-refractivity contribution in [3.05, 3.63) is 0 Å². The summed E-state index contributed by atoms with van der Waals surface area (Å²) in [6.45, 7) is 0. The lowest BCUT2D eigenvalue weighted by Gasteiger charge is -2.26. The van der Waals surface area contributed by atoms with E-state index in [-0.39, 0.29) is 5.82 Å². The number of hydrogen-bond acceptors (Lipinski definition) is 4. The van der Waals surface area contributed by atoms with Gasteiger partial charge in [0.1, 0.15) is 0 Å². The molecule has 4 N–H and O–H groups in total. The highest BCUT2D eigenvalue weighted by molar-refractivity contribution is 7.89. The van der Waals surface area contributed by atoms with Gasteiger partial charge in [-0.1, -0.05) is 12.8 Å². The van der Waals surface area contributed by atoms with Crippen molar-refractivity contribution in [3.8, 4) is 0 Å². The molecule has 1 saturated carbocycles. The maximum absolute atomic E-state index is 10.9. The highest BCUT2D eigenvalue weighted by Gasteiger charge is 2.33. The van der Waals surface area contributed by atoms with Crippen molar-refractivity contribution in [3.63, 3.8) is 0 Å². The predicted molar refractivity (Wildman–Crippen MR) is 49.3 cm³/mol. The Hall–Kier alpha value is -0.105. The Morgan fingerprint density at radius 1 is 1.15 bits per heavy atom. The smallest absolute Gasteiger partial charge is 0.427 e. The molecule has 0 unspecified atom stereocenters. The maximum Gasteiger partial charge on any atom is 0.454 e. The molecule has 0 atom stereocenters. The molecule has 76 valence electrons. The first-order chi connectivity index (χ1) is 5.91. The van der Waals surface area contributed by atoms with Gasteiger partial charge in [0.05, 0.1) is 5.25 Å². The van der Waals surface area contributed by atoms with Crippen LogP contribution in [0.2, 0.25) is 5.82 Å². The summed E-state index contributed by atoms with van der Waals surface area (Å²) < 4.78 is 21.8. The zero-order chi connectivity index (χ0) is 10.1. The summed E-state index contributed by atoms with van der Waals surface area (Å²) in [5.41, 5.74) is 0. The van der Waals surface area contributed by atoms with Crippen LogP contribution in [0.25, 0.3) is 0 Å². The van der Waals surface area contributed by atoms with E-state index in [4.69, 9.17) is 15.2 Å². The molecular weight excluding hydrogens is 193 g/mol. The van der Waals surface area contributed by atoms with Gasteiger partial charge in [-0.05, 0) is 18.7 Å². The van der Waals surface area contributed by atoms with E-state index in [0.717, 1.165) is 0 Å². The summed E-state index contributed by atoms with van der Waals surface area (Å²) in [5.74, 6) is -0.196. The molecule has 0 saturated heterocycles. The van der Waals surface area contributed by atoms with E-state index in [1.54, 1.807) is 0 Å². The quantitative estimate of drug-likeness (QED) is 0.508. The zero-order valence-corrected chi connectivity index (χ0v) is 8.07. The van der Waals surface area contributed by atoms with Gasteiger partial charge in [0.15, 0.2) is 0 Å². The van der Waals surface area contributed by atoms with Crippen molar-refractivity contribution in [2.24, 2.45) is 5.14 Å². The predicted octanol–water partition coefficient (Wildman–Crippen LogP) is -0.940. The Balaban J connectivity index is 2.49. The topological polar surface area (TPSA) is 101 Å². The molecule has 0 radical (unpaired) electrons. The minimum Gasteiger partial charge on any atom is -0.427 e. The molecule has 0 bridgehead atoms. The lowest BCUT2D eigenvalue weighted by atomic mass is 9.65. The van der Waals surface area contributed by atoms with Crippen LogP contribution in [0.5, 0.6) is 0 Å². The third-order valence-electron chi connectivity index (χ3n) is 2.61. The molecule has 0 amide bonds. The Morgan fingerprint density at radius 2 is 1.62 bits per heavy atom. The van der Waals surface area contributed by atoms with E-state index in [0.29, 0.717) is 25.7 Å². The van der Waals surface area contributed by atoms with Crippen LogP contribution in [-0.4, -0.2) is 30.8 Å². The van der Waals surface area contributed by atoms with Crippen LogP contribution >= 0.6 is 0 Å². The first-order valence-corrected chi connectivity index (χ1v) is 5.90. The van der Waals surface area contributed by atoms with Crippen molar-refractivity contribution in [2.45, 2.75) is 36.8 Å². The molecular formula is C6H14BNO4S. The number of primary sulfonamides is 1. The van der Waals surface area contributed by atoms with Crippen LogP contribution in [0.3, 0.4) is 0 Å². The third-order valence-corrected chi connectivity index (χ3v) is 4.01. The van der Waals surface area contributed by atoms with Crippen LogP contribution in [0.4, 0.5) is 0 Å². The van der Waals surface area contributed by atoms with Gasteiger partial charge < -0.3 is 10.0 Å². The number of nitrogens with two attached hydrogens (primary N) is 1. The van der Waals surface area contributed by atoms with Crippen LogP contribution < -0.4 is 5.14 Å². The second-order valence-corrected chi connectivity index (χ2v) is 5.38. The third kappa shape index (κ3) is 2.94. The summed E-state index contributed by atoms with van der Waals surface area (Å²) in [4.78, 5) is 0. The fourth-order valence-electron chi connectivity index (χ4n) is 1.72. The zero-order valence-electron chi connectivity index (χ0n) is 7.26. The summed E-state index contributed by atoms with van der Waals surface area (Å²) in [7, 11) is -4.77. The fourth-order valence-corrected chi connectivity index (χ4v) is 2.64. The van der Waals surface area contributed by atoms with E-state index >= 15 is 0 Å². The Bertz CT molecular complexity index is 258. The van der Waals surface area contributed by atoms with Gasteiger partial charge in [-0.15, -0.1) is 0 Å². The Morgan fingerprint density at radius 3 is 1.92 bits per heavy atom. The second kappa shape index (κ2) is 3.95. The van der Waals surface area contributed by atoms with E-state index < -0.39 is 22.4 Å². The van der Waals surface area contributed by atoms with E-state index in [1.807, 2.05) is 0 Å². The number of rotatable bonds is 2. The molecule has 7 heteroatoms. The first-order valence-electron chi connectivity index (χ1n) is 4.29. The van der Waals surface area contributed by atoms with Crippen LogP contribution in [0, 0.1) is 0 Å². The molecule has 5 nitrogen and oxygen atoms in total. The summed E-state index contributed by atoms with van der Waals surface area (Å²) in [6.07, 6.45) is 1.89. The minimum atomic E-state index is -3.44. The highest BCUT2D eigenvalue weighted by atomic mass is 32.2. The number of hydrogen-bond donors (Lipinski definition) is 3. The molecule has 0 aromatic heterocycles. The molecule has 1 rings (SSSR count). The Kier molecular flexibility index (Phi) is 3.34. The largest absolute Gasteiger partial charge is 0.454 e. The molecule has 0 spiro atoms. The summed E-state index contributed by atoms with van der Waals surface area (Å²) in [5, 5.41) is 22.2. The normalized spacial score (nSPS) is 30.1. The summed E-state index contributed by atoms with van der Waals surface area (Å²) in [6, 6.07) is 0. The van der Waals surface area contributed by atoms with Crippen molar-refractivity contribution in [1.29, 1.82) is 0 Å². The fraction of sp³-hybridized carbons (Fsp3) is 1.00. The second-order valence-electron chi connectivity index (χ2n) is 3.54. The van der Waals surface area contributed by atoms with Crippen LogP contribution in [0.1, 0.15) is 25.7 Å². The van der Waals surface area contributed by atoms with E-state index in [2.05, 4.69) is 0 Å². The summed E-state index contributed by atoms with van der Waals surface area (Å²) >= 11 is 0. The highest BCUT2D eigenvalue weighted by Crippen LogP contribution is 2.32. The lowest BCUT2D eigenvalue weighted by Crippen LogP contribution is -2.34. The van der Waals surface area contributed by atoms with Crippen molar-refractivity contribution in [1.82, 2.24) is 0 Å². The Labute approximate surface area is 78.1 Å². The van der Waals surface area contributed by atoms with Crippen molar-refractivity contribution < 1.29 is 18.5 Å². The molecule has 13 heavy (non-hydrogen) atoms.